The zero-order valence-corrected chi connectivity index (χ0v) is 11.1. The van der Waals surface area contributed by atoms with Crippen LogP contribution in [0, 0.1) is 0 Å². The van der Waals surface area contributed by atoms with Gasteiger partial charge in [0.2, 0.25) is 5.91 Å². The molecule has 1 atom stereocenters. The second-order valence-electron chi connectivity index (χ2n) is 3.78. The smallest absolute Gasteiger partial charge is 0.326 e. The molecule has 1 amide bonds. The molecular formula is C13H17NO3S. The molecule has 0 aliphatic rings. The number of carbonyl (C=O) groups excluding carboxylic acids is 1. The molecule has 0 aliphatic heterocycles. The minimum Gasteiger partial charge on any atom is -0.480 e. The maximum atomic E-state index is 11.5. The first kappa shape index (κ1) is 14.6. The Balaban J connectivity index is 2.27. The molecule has 1 rings (SSSR count). The molecule has 0 saturated carbocycles. The summed E-state index contributed by atoms with van der Waals surface area (Å²) in [5.74, 6) is -0.555. The first-order valence-corrected chi connectivity index (χ1v) is 6.82. The third kappa shape index (κ3) is 5.23. The number of rotatable bonds is 7. The molecule has 98 valence electrons. The molecule has 1 aromatic rings. The van der Waals surface area contributed by atoms with E-state index in [1.807, 2.05) is 30.3 Å². The maximum absolute atomic E-state index is 11.5. The molecule has 0 bridgehead atoms. The van der Waals surface area contributed by atoms with E-state index in [0.717, 1.165) is 4.90 Å². The lowest BCUT2D eigenvalue weighted by Gasteiger charge is -2.11. The van der Waals surface area contributed by atoms with E-state index in [9.17, 15) is 9.59 Å². The zero-order chi connectivity index (χ0) is 13.4. The third-order valence-electron chi connectivity index (χ3n) is 2.38. The first-order chi connectivity index (χ1) is 8.63. The quantitative estimate of drug-likeness (QED) is 0.743. The molecule has 2 N–H and O–H groups in total. The molecule has 0 saturated heterocycles. The molecular weight excluding hydrogens is 250 g/mol. The molecule has 0 aromatic heterocycles. The van der Waals surface area contributed by atoms with Crippen LogP contribution in [-0.2, 0) is 9.59 Å². The summed E-state index contributed by atoms with van der Waals surface area (Å²) in [5.41, 5.74) is 0. The molecule has 5 heteroatoms. The molecule has 0 spiro atoms. The van der Waals surface area contributed by atoms with Crippen LogP contribution < -0.4 is 5.32 Å². The van der Waals surface area contributed by atoms with Gasteiger partial charge in [-0.25, -0.2) is 4.79 Å². The molecule has 0 heterocycles. The molecule has 1 aromatic carbocycles. The Kier molecular flexibility index (Phi) is 6.28. The summed E-state index contributed by atoms with van der Waals surface area (Å²) in [5, 5.41) is 11.3. The van der Waals surface area contributed by atoms with Crippen molar-refractivity contribution < 1.29 is 14.7 Å². The van der Waals surface area contributed by atoms with Crippen LogP contribution in [0.2, 0.25) is 0 Å². The average molecular weight is 267 g/mol. The van der Waals surface area contributed by atoms with Gasteiger partial charge in [0.25, 0.3) is 0 Å². The number of hydrogen-bond acceptors (Lipinski definition) is 3. The van der Waals surface area contributed by atoms with Crippen molar-refractivity contribution in [2.75, 3.05) is 5.75 Å². The number of amides is 1. The summed E-state index contributed by atoms with van der Waals surface area (Å²) < 4.78 is 0. The topological polar surface area (TPSA) is 66.4 Å². The fourth-order valence-electron chi connectivity index (χ4n) is 1.38. The van der Waals surface area contributed by atoms with Gasteiger partial charge < -0.3 is 10.4 Å². The van der Waals surface area contributed by atoms with Crippen molar-refractivity contribution in [3.63, 3.8) is 0 Å². The summed E-state index contributed by atoms with van der Waals surface area (Å²) in [7, 11) is 0. The Hall–Kier alpha value is -1.49. The van der Waals surface area contributed by atoms with Crippen LogP contribution in [0.15, 0.2) is 35.2 Å². The predicted octanol–water partition coefficient (Wildman–Crippen LogP) is 2.15. The molecule has 0 fully saturated rings. The van der Waals surface area contributed by atoms with Crippen molar-refractivity contribution in [2.24, 2.45) is 0 Å². The van der Waals surface area contributed by atoms with E-state index in [1.165, 1.54) is 0 Å². The summed E-state index contributed by atoms with van der Waals surface area (Å²) in [4.78, 5) is 23.4. The second kappa shape index (κ2) is 7.76. The Morgan fingerprint density at radius 2 is 2.00 bits per heavy atom. The second-order valence-corrected chi connectivity index (χ2v) is 4.95. The molecule has 0 aliphatic carbocycles. The summed E-state index contributed by atoms with van der Waals surface area (Å²) in [6, 6.07) is 9.01. The van der Waals surface area contributed by atoms with E-state index >= 15 is 0 Å². The highest BCUT2D eigenvalue weighted by molar-refractivity contribution is 7.99. The monoisotopic (exact) mass is 267 g/mol. The van der Waals surface area contributed by atoms with E-state index in [1.54, 1.807) is 18.7 Å². The van der Waals surface area contributed by atoms with E-state index < -0.39 is 12.0 Å². The molecule has 18 heavy (non-hydrogen) atoms. The van der Waals surface area contributed by atoms with Crippen molar-refractivity contribution in [3.8, 4) is 0 Å². The zero-order valence-electron chi connectivity index (χ0n) is 10.3. The lowest BCUT2D eigenvalue weighted by Crippen LogP contribution is -2.40. The minimum atomic E-state index is -0.985. The van der Waals surface area contributed by atoms with Crippen molar-refractivity contribution in [1.29, 1.82) is 0 Å². The van der Waals surface area contributed by atoms with Crippen LogP contribution in [0.1, 0.15) is 19.8 Å². The van der Waals surface area contributed by atoms with Crippen LogP contribution in [-0.4, -0.2) is 28.8 Å². The van der Waals surface area contributed by atoms with Gasteiger partial charge in [0.15, 0.2) is 0 Å². The van der Waals surface area contributed by atoms with Gasteiger partial charge in [-0.15, -0.1) is 11.8 Å². The van der Waals surface area contributed by atoms with Crippen molar-refractivity contribution in [3.05, 3.63) is 30.3 Å². The van der Waals surface area contributed by atoms with Crippen LogP contribution >= 0.6 is 11.8 Å². The fraction of sp³-hybridized carbons (Fsp3) is 0.385. The van der Waals surface area contributed by atoms with Gasteiger partial charge >= 0.3 is 5.97 Å². The van der Waals surface area contributed by atoms with E-state index in [0.29, 0.717) is 18.6 Å². The number of benzene rings is 1. The lowest BCUT2D eigenvalue weighted by atomic mass is 10.2. The molecule has 0 unspecified atom stereocenters. The standard InChI is InChI=1S/C13H17NO3S/c1-2-11(13(16)17)14-12(15)8-9-18-10-6-4-3-5-7-10/h3-7,11H,2,8-9H2,1H3,(H,14,15)(H,16,17)/t11-/m1/s1. The van der Waals surface area contributed by atoms with Gasteiger partial charge in [-0.2, -0.15) is 0 Å². The van der Waals surface area contributed by atoms with Crippen molar-refractivity contribution >= 4 is 23.6 Å². The third-order valence-corrected chi connectivity index (χ3v) is 3.40. The highest BCUT2D eigenvalue weighted by atomic mass is 32.2. The number of carboxylic acids is 1. The SMILES string of the molecule is CC[C@@H](NC(=O)CCSc1ccccc1)C(=O)O. The van der Waals surface area contributed by atoms with E-state index in [4.69, 9.17) is 5.11 Å². The Morgan fingerprint density at radius 3 is 2.56 bits per heavy atom. The van der Waals surface area contributed by atoms with Gasteiger partial charge in [0.1, 0.15) is 6.04 Å². The fourth-order valence-corrected chi connectivity index (χ4v) is 2.26. The number of carboxylic acid groups (broad SMARTS) is 1. The van der Waals surface area contributed by atoms with E-state index in [-0.39, 0.29) is 5.91 Å². The highest BCUT2D eigenvalue weighted by Gasteiger charge is 2.16. The van der Waals surface area contributed by atoms with Gasteiger partial charge in [-0.1, -0.05) is 25.1 Å². The number of aliphatic carboxylic acids is 1. The number of carbonyl (C=O) groups is 2. The van der Waals surface area contributed by atoms with Crippen LogP contribution in [0.4, 0.5) is 0 Å². The van der Waals surface area contributed by atoms with Gasteiger partial charge in [-0.3, -0.25) is 4.79 Å². The summed E-state index contributed by atoms with van der Waals surface area (Å²) >= 11 is 1.58. The molecule has 0 radical (unpaired) electrons. The van der Waals surface area contributed by atoms with E-state index in [2.05, 4.69) is 5.32 Å². The maximum Gasteiger partial charge on any atom is 0.326 e. The Bertz CT molecular complexity index is 394. The van der Waals surface area contributed by atoms with Gasteiger partial charge in [0, 0.05) is 17.1 Å². The highest BCUT2D eigenvalue weighted by Crippen LogP contribution is 2.17. The van der Waals surface area contributed by atoms with Crippen molar-refractivity contribution in [2.45, 2.75) is 30.7 Å². The molecule has 4 nitrogen and oxygen atoms in total. The Labute approximate surface area is 111 Å². The van der Waals surface area contributed by atoms with Crippen molar-refractivity contribution in [1.82, 2.24) is 5.32 Å². The first-order valence-electron chi connectivity index (χ1n) is 5.83. The largest absolute Gasteiger partial charge is 0.480 e. The summed E-state index contributed by atoms with van der Waals surface area (Å²) in [6.07, 6.45) is 0.718. The normalized spacial score (nSPS) is 11.8. The lowest BCUT2D eigenvalue weighted by molar-refractivity contribution is -0.141. The van der Waals surface area contributed by atoms with Gasteiger partial charge in [0.05, 0.1) is 0 Å². The number of hydrogen-bond donors (Lipinski definition) is 2. The number of thioether (sulfide) groups is 1. The number of nitrogens with one attached hydrogen (secondary N) is 1. The van der Waals surface area contributed by atoms with Crippen LogP contribution in [0.3, 0.4) is 0 Å². The minimum absolute atomic E-state index is 0.215. The Morgan fingerprint density at radius 1 is 1.33 bits per heavy atom. The van der Waals surface area contributed by atoms with Crippen LogP contribution in [0.25, 0.3) is 0 Å². The summed E-state index contributed by atoms with van der Waals surface area (Å²) in [6.45, 7) is 1.73. The average Bonchev–Trinajstić information content (AvgIpc) is 2.37. The van der Waals surface area contributed by atoms with Gasteiger partial charge in [-0.05, 0) is 18.6 Å². The van der Waals surface area contributed by atoms with Crippen LogP contribution in [0.5, 0.6) is 0 Å². The predicted molar refractivity (Wildman–Crippen MR) is 71.6 cm³/mol.